The number of ketones is 1. The maximum atomic E-state index is 12.4. The van der Waals surface area contributed by atoms with Gasteiger partial charge in [-0.05, 0) is 44.0 Å². The first kappa shape index (κ1) is 17.6. The van der Waals surface area contributed by atoms with Gasteiger partial charge in [-0.2, -0.15) is 0 Å². The zero-order valence-corrected chi connectivity index (χ0v) is 14.5. The first-order valence-corrected chi connectivity index (χ1v) is 9.03. The van der Waals surface area contributed by atoms with Crippen LogP contribution in [0.15, 0.2) is 42.5 Å². The van der Waals surface area contributed by atoms with E-state index in [-0.39, 0.29) is 24.1 Å². The van der Waals surface area contributed by atoms with Gasteiger partial charge in [0.25, 0.3) is 0 Å². The summed E-state index contributed by atoms with van der Waals surface area (Å²) in [4.78, 5) is 22.3. The van der Waals surface area contributed by atoms with Crippen molar-refractivity contribution < 1.29 is 18.8 Å². The molecule has 0 aliphatic carbocycles. The van der Waals surface area contributed by atoms with Gasteiger partial charge in [0, 0.05) is 12.0 Å². The van der Waals surface area contributed by atoms with E-state index in [1.165, 1.54) is 12.1 Å². The predicted octanol–water partition coefficient (Wildman–Crippen LogP) is 3.71. The van der Waals surface area contributed by atoms with Crippen LogP contribution in [0.25, 0.3) is 0 Å². The summed E-state index contributed by atoms with van der Waals surface area (Å²) in [5.74, 6) is -0.0759. The Morgan fingerprint density at radius 1 is 1.09 bits per heavy atom. The van der Waals surface area contributed by atoms with E-state index >= 15 is 0 Å². The summed E-state index contributed by atoms with van der Waals surface area (Å²) < 4.78 is 17.2. The fourth-order valence-corrected chi connectivity index (χ4v) is 3.73. The van der Waals surface area contributed by atoms with Crippen molar-refractivity contribution in [2.45, 2.75) is 27.2 Å². The maximum absolute atomic E-state index is 12.4. The first-order chi connectivity index (χ1) is 10.8. The zero-order chi connectivity index (χ0) is 17.0. The van der Waals surface area contributed by atoms with Crippen LogP contribution in [0.4, 0.5) is 0 Å². The molecule has 2 aromatic rings. The molecule has 122 valence electrons. The van der Waals surface area contributed by atoms with Crippen LogP contribution in [0, 0.1) is 20.8 Å². The molecule has 1 N–H and O–H groups in total. The van der Waals surface area contributed by atoms with Crippen molar-refractivity contribution in [1.29, 1.82) is 0 Å². The van der Waals surface area contributed by atoms with Crippen LogP contribution in [0.3, 0.4) is 0 Å². The Morgan fingerprint density at radius 3 is 2.22 bits per heavy atom. The van der Waals surface area contributed by atoms with Crippen molar-refractivity contribution in [2.75, 3.05) is 6.61 Å². The number of hydrogen-bond donors (Lipinski definition) is 1. The van der Waals surface area contributed by atoms with Crippen LogP contribution in [0.1, 0.15) is 33.5 Å². The van der Waals surface area contributed by atoms with Gasteiger partial charge in [-0.1, -0.05) is 35.9 Å². The molecule has 1 unspecified atom stereocenters. The number of rotatable bonds is 6. The Labute approximate surface area is 136 Å². The van der Waals surface area contributed by atoms with Gasteiger partial charge in [-0.15, -0.1) is 0 Å². The second-order valence-electron chi connectivity index (χ2n) is 5.64. The summed E-state index contributed by atoms with van der Waals surface area (Å²) in [5.41, 5.74) is 3.62. The van der Waals surface area contributed by atoms with E-state index in [9.17, 15) is 14.3 Å². The molecule has 4 nitrogen and oxygen atoms in total. The van der Waals surface area contributed by atoms with Gasteiger partial charge in [-0.3, -0.25) is 9.36 Å². The van der Waals surface area contributed by atoms with Gasteiger partial charge in [0.05, 0.1) is 11.9 Å². The largest absolute Gasteiger partial charge is 0.358 e. The fraction of sp³-hybridized carbons (Fsp3) is 0.278. The van der Waals surface area contributed by atoms with Crippen LogP contribution >= 0.6 is 7.60 Å². The van der Waals surface area contributed by atoms with E-state index in [1.807, 2.05) is 32.9 Å². The third-order valence-corrected chi connectivity index (χ3v) is 5.12. The second-order valence-corrected chi connectivity index (χ2v) is 7.45. The highest BCUT2D eigenvalue weighted by molar-refractivity contribution is 7.61. The van der Waals surface area contributed by atoms with Crippen LogP contribution in [-0.2, 0) is 9.09 Å². The van der Waals surface area contributed by atoms with Crippen molar-refractivity contribution in [2.24, 2.45) is 0 Å². The third-order valence-electron chi connectivity index (χ3n) is 3.63. The van der Waals surface area contributed by atoms with E-state index in [0.717, 1.165) is 16.7 Å². The number of hydrogen-bond acceptors (Lipinski definition) is 3. The highest BCUT2D eigenvalue weighted by atomic mass is 31.2. The molecule has 0 aliphatic rings. The van der Waals surface area contributed by atoms with Gasteiger partial charge in [0.1, 0.15) is 0 Å². The molecule has 0 fully saturated rings. The van der Waals surface area contributed by atoms with Crippen molar-refractivity contribution >= 4 is 18.7 Å². The standard InChI is InChI=1S/C18H21O4P/c1-13-11-14(2)18(15(3)12-13)17(19)9-10-22-23(20,21)16-7-5-4-6-8-16/h4-8,11-12H,9-10H2,1-3H3,(H,20,21). The summed E-state index contributed by atoms with van der Waals surface area (Å²) >= 11 is 0. The summed E-state index contributed by atoms with van der Waals surface area (Å²) in [7, 11) is -3.88. The lowest BCUT2D eigenvalue weighted by atomic mass is 9.95. The number of Topliss-reactive ketones (excluding diaryl/α,β-unsaturated/α-hetero) is 1. The lowest BCUT2D eigenvalue weighted by molar-refractivity contribution is 0.0959. The highest BCUT2D eigenvalue weighted by Crippen LogP contribution is 2.40. The summed E-state index contributed by atoms with van der Waals surface area (Å²) in [6.07, 6.45) is 0.0716. The molecule has 0 aliphatic heterocycles. The molecule has 0 saturated heterocycles. The molecular weight excluding hydrogens is 311 g/mol. The van der Waals surface area contributed by atoms with E-state index in [0.29, 0.717) is 5.56 Å². The van der Waals surface area contributed by atoms with E-state index in [1.54, 1.807) is 18.2 Å². The summed E-state index contributed by atoms with van der Waals surface area (Å²) in [5, 5.41) is 0.232. The molecule has 0 saturated carbocycles. The van der Waals surface area contributed by atoms with E-state index in [2.05, 4.69) is 0 Å². The normalized spacial score (nSPS) is 13.6. The Bertz CT molecular complexity index is 730. The van der Waals surface area contributed by atoms with Gasteiger partial charge < -0.3 is 9.42 Å². The van der Waals surface area contributed by atoms with Gasteiger partial charge in [-0.25, -0.2) is 0 Å². The molecule has 2 aromatic carbocycles. The number of aryl methyl sites for hydroxylation is 3. The minimum atomic E-state index is -3.88. The van der Waals surface area contributed by atoms with Crippen LogP contribution in [-0.4, -0.2) is 17.3 Å². The molecule has 0 heterocycles. The molecule has 0 spiro atoms. The van der Waals surface area contributed by atoms with Crippen LogP contribution in [0.2, 0.25) is 0 Å². The zero-order valence-electron chi connectivity index (χ0n) is 13.6. The molecule has 23 heavy (non-hydrogen) atoms. The second kappa shape index (κ2) is 7.22. The van der Waals surface area contributed by atoms with Crippen LogP contribution < -0.4 is 5.30 Å². The molecule has 0 bridgehead atoms. The Kier molecular flexibility index (Phi) is 5.53. The average molecular weight is 332 g/mol. The number of carbonyl (C=O) groups is 1. The topological polar surface area (TPSA) is 63.6 Å². The van der Waals surface area contributed by atoms with Crippen molar-refractivity contribution in [1.82, 2.24) is 0 Å². The monoisotopic (exact) mass is 332 g/mol. The Morgan fingerprint density at radius 2 is 1.65 bits per heavy atom. The van der Waals surface area contributed by atoms with Gasteiger partial charge >= 0.3 is 7.60 Å². The summed E-state index contributed by atoms with van der Waals surface area (Å²) in [6, 6.07) is 12.1. The Hall–Kier alpha value is -1.74. The molecule has 0 amide bonds. The molecular formula is C18H21O4P. The minimum Gasteiger partial charge on any atom is -0.321 e. The Balaban J connectivity index is 2.02. The van der Waals surface area contributed by atoms with Crippen LogP contribution in [0.5, 0.6) is 0 Å². The molecule has 5 heteroatoms. The van der Waals surface area contributed by atoms with Gasteiger partial charge in [0.2, 0.25) is 0 Å². The minimum absolute atomic E-state index is 0.0716. The van der Waals surface area contributed by atoms with Crippen molar-refractivity contribution in [3.8, 4) is 0 Å². The van der Waals surface area contributed by atoms with E-state index < -0.39 is 7.60 Å². The third kappa shape index (κ3) is 4.38. The molecule has 0 radical (unpaired) electrons. The highest BCUT2D eigenvalue weighted by Gasteiger charge is 2.23. The van der Waals surface area contributed by atoms with Crippen molar-refractivity contribution in [3.63, 3.8) is 0 Å². The molecule has 0 aromatic heterocycles. The fourth-order valence-electron chi connectivity index (χ4n) is 2.70. The average Bonchev–Trinajstić information content (AvgIpc) is 2.47. The van der Waals surface area contributed by atoms with Gasteiger partial charge in [0.15, 0.2) is 5.78 Å². The summed E-state index contributed by atoms with van der Waals surface area (Å²) in [6.45, 7) is 5.69. The predicted molar refractivity (Wildman–Crippen MR) is 91.5 cm³/mol. The lowest BCUT2D eigenvalue weighted by Crippen LogP contribution is -2.11. The van der Waals surface area contributed by atoms with Crippen molar-refractivity contribution in [3.05, 3.63) is 64.7 Å². The number of carbonyl (C=O) groups excluding carboxylic acids is 1. The smallest absolute Gasteiger partial charge is 0.321 e. The first-order valence-electron chi connectivity index (χ1n) is 7.45. The van der Waals surface area contributed by atoms with E-state index in [4.69, 9.17) is 4.52 Å². The quantitative estimate of drug-likeness (QED) is 0.647. The lowest BCUT2D eigenvalue weighted by Gasteiger charge is -2.13. The molecule has 2 rings (SSSR count). The SMILES string of the molecule is Cc1cc(C)c(C(=O)CCOP(=O)(O)c2ccccc2)c(C)c1. The maximum Gasteiger partial charge on any atom is 0.358 e. The number of benzene rings is 2. The molecule has 1 atom stereocenters.